The Morgan fingerprint density at radius 1 is 1.27 bits per heavy atom. The molecule has 0 aliphatic rings. The zero-order valence-electron chi connectivity index (χ0n) is 13.0. The Balaban J connectivity index is 2.13. The van der Waals surface area contributed by atoms with Gasteiger partial charge in [-0.1, -0.05) is 41.4 Å². The summed E-state index contributed by atoms with van der Waals surface area (Å²) in [6.45, 7) is 0. The maximum Gasteiger partial charge on any atom is 0.282 e. The fraction of sp³-hybridized carbons (Fsp3) is 0. The van der Waals surface area contributed by atoms with Crippen LogP contribution in [-0.2, 0) is 4.79 Å². The summed E-state index contributed by atoms with van der Waals surface area (Å²) in [6.07, 6.45) is 2.53. The average molecular weight is 389 g/mol. The van der Waals surface area contributed by atoms with Crippen molar-refractivity contribution >= 4 is 47.1 Å². The molecular weight excluding hydrogens is 379 g/mol. The topological polar surface area (TPSA) is 108 Å². The molecule has 1 N–H and O–H groups in total. The Morgan fingerprint density at radius 2 is 2.04 bits per heavy atom. The van der Waals surface area contributed by atoms with Crippen LogP contribution < -0.4 is 5.43 Å². The van der Waals surface area contributed by atoms with E-state index in [4.69, 9.17) is 28.5 Å². The molecule has 9 heteroatoms. The SMILES string of the molecule is N#C/C(=C\c1cccc([N+](=O)[O-])c1)C(=O)N/N=C\c1ccc(Cl)cc1Cl. The first kappa shape index (κ1) is 19.1. The zero-order chi connectivity index (χ0) is 19.1. The number of halogens is 2. The van der Waals surface area contributed by atoms with Crippen LogP contribution in [0.2, 0.25) is 10.0 Å². The molecular formula is C17H10Cl2N4O3. The lowest BCUT2D eigenvalue weighted by atomic mass is 10.1. The minimum atomic E-state index is -0.764. The molecule has 0 unspecified atom stereocenters. The van der Waals surface area contributed by atoms with E-state index in [2.05, 4.69) is 10.5 Å². The van der Waals surface area contributed by atoms with Gasteiger partial charge in [-0.2, -0.15) is 10.4 Å². The largest absolute Gasteiger partial charge is 0.282 e. The van der Waals surface area contributed by atoms with Crippen LogP contribution in [0.15, 0.2) is 53.1 Å². The molecule has 1 amide bonds. The van der Waals surface area contributed by atoms with Gasteiger partial charge >= 0.3 is 0 Å². The third-order valence-corrected chi connectivity index (χ3v) is 3.65. The first-order valence-corrected chi connectivity index (χ1v) is 7.81. The van der Waals surface area contributed by atoms with Gasteiger partial charge in [0, 0.05) is 22.7 Å². The molecule has 2 rings (SSSR count). The van der Waals surface area contributed by atoms with Gasteiger partial charge in [-0.3, -0.25) is 14.9 Å². The van der Waals surface area contributed by atoms with Crippen molar-refractivity contribution in [2.75, 3.05) is 0 Å². The van der Waals surface area contributed by atoms with Gasteiger partial charge in [0.2, 0.25) is 0 Å². The molecule has 2 aromatic carbocycles. The number of rotatable bonds is 5. The molecule has 0 saturated heterocycles. The second-order valence-electron chi connectivity index (χ2n) is 4.89. The molecule has 2 aromatic rings. The number of carbonyl (C=O) groups is 1. The van der Waals surface area contributed by atoms with Gasteiger partial charge in [0.1, 0.15) is 11.6 Å². The summed E-state index contributed by atoms with van der Waals surface area (Å²) in [6, 6.07) is 12.0. The maximum absolute atomic E-state index is 12.0. The Bertz CT molecular complexity index is 965. The van der Waals surface area contributed by atoms with Crippen LogP contribution in [0.4, 0.5) is 5.69 Å². The van der Waals surface area contributed by atoms with Crippen LogP contribution in [0.5, 0.6) is 0 Å². The molecule has 7 nitrogen and oxygen atoms in total. The summed E-state index contributed by atoms with van der Waals surface area (Å²) >= 11 is 11.8. The summed E-state index contributed by atoms with van der Waals surface area (Å²) in [5.74, 6) is -0.764. The van der Waals surface area contributed by atoms with E-state index in [1.165, 1.54) is 42.6 Å². The molecule has 26 heavy (non-hydrogen) atoms. The zero-order valence-corrected chi connectivity index (χ0v) is 14.5. The van der Waals surface area contributed by atoms with Gasteiger partial charge in [0.25, 0.3) is 11.6 Å². The van der Waals surface area contributed by atoms with Gasteiger partial charge in [-0.05, 0) is 23.8 Å². The normalized spacial score (nSPS) is 11.2. The monoisotopic (exact) mass is 388 g/mol. The summed E-state index contributed by atoms with van der Waals surface area (Å²) in [4.78, 5) is 22.2. The predicted molar refractivity (Wildman–Crippen MR) is 98.9 cm³/mol. The van der Waals surface area contributed by atoms with Crippen molar-refractivity contribution in [3.8, 4) is 6.07 Å². The number of nitro groups is 1. The number of hydrazone groups is 1. The molecule has 0 aliphatic carbocycles. The summed E-state index contributed by atoms with van der Waals surface area (Å²) in [5.41, 5.74) is 2.66. The number of carbonyl (C=O) groups excluding carboxylic acids is 1. The second-order valence-corrected chi connectivity index (χ2v) is 5.73. The van der Waals surface area contributed by atoms with E-state index in [1.54, 1.807) is 18.2 Å². The van der Waals surface area contributed by atoms with Crippen LogP contribution in [-0.4, -0.2) is 17.0 Å². The third-order valence-electron chi connectivity index (χ3n) is 3.09. The lowest BCUT2D eigenvalue weighted by molar-refractivity contribution is -0.384. The molecule has 0 fully saturated rings. The highest BCUT2D eigenvalue weighted by molar-refractivity contribution is 6.36. The molecule has 0 saturated carbocycles. The maximum atomic E-state index is 12.0. The van der Waals surface area contributed by atoms with Crippen molar-refractivity contribution in [2.24, 2.45) is 5.10 Å². The molecule has 0 bridgehead atoms. The van der Waals surface area contributed by atoms with Crippen LogP contribution in [0.25, 0.3) is 6.08 Å². The lowest BCUT2D eigenvalue weighted by Gasteiger charge is -2.00. The summed E-state index contributed by atoms with van der Waals surface area (Å²) < 4.78 is 0. The van der Waals surface area contributed by atoms with Crippen molar-refractivity contribution in [3.05, 3.63) is 79.3 Å². The average Bonchev–Trinajstić information content (AvgIpc) is 2.61. The van der Waals surface area contributed by atoms with Crippen molar-refractivity contribution in [1.82, 2.24) is 5.43 Å². The number of hydrogen-bond acceptors (Lipinski definition) is 5. The fourth-order valence-electron chi connectivity index (χ4n) is 1.87. The molecule has 0 spiro atoms. The van der Waals surface area contributed by atoms with E-state index in [9.17, 15) is 14.9 Å². The van der Waals surface area contributed by atoms with Crippen LogP contribution in [0.3, 0.4) is 0 Å². The minimum absolute atomic E-state index is 0.146. The molecule has 0 aliphatic heterocycles. The van der Waals surface area contributed by atoms with Gasteiger partial charge in [-0.25, -0.2) is 5.43 Å². The van der Waals surface area contributed by atoms with Gasteiger partial charge in [0.05, 0.1) is 16.2 Å². The van der Waals surface area contributed by atoms with E-state index in [0.29, 0.717) is 21.2 Å². The second kappa shape index (κ2) is 8.76. The number of hydrogen-bond donors (Lipinski definition) is 1. The van der Waals surface area contributed by atoms with Crippen LogP contribution >= 0.6 is 23.2 Å². The van der Waals surface area contributed by atoms with Crippen molar-refractivity contribution in [3.63, 3.8) is 0 Å². The van der Waals surface area contributed by atoms with Crippen molar-refractivity contribution in [1.29, 1.82) is 5.26 Å². The third kappa shape index (κ3) is 5.14. The number of non-ortho nitro benzene ring substituents is 1. The fourth-order valence-corrected chi connectivity index (χ4v) is 2.33. The van der Waals surface area contributed by atoms with Gasteiger partial charge in [-0.15, -0.1) is 0 Å². The minimum Gasteiger partial charge on any atom is -0.267 e. The van der Waals surface area contributed by atoms with E-state index >= 15 is 0 Å². The Labute approximate surface area is 158 Å². The predicted octanol–water partition coefficient (Wildman–Crippen LogP) is 3.96. The Kier molecular flexibility index (Phi) is 6.44. The van der Waals surface area contributed by atoms with Gasteiger partial charge < -0.3 is 0 Å². The molecule has 0 radical (unpaired) electrons. The molecule has 0 heterocycles. The van der Waals surface area contributed by atoms with E-state index in [0.717, 1.165) is 0 Å². The molecule has 130 valence electrons. The number of nitriles is 1. The number of nitro benzene ring substituents is 1. The number of nitrogens with zero attached hydrogens (tertiary/aromatic N) is 3. The van der Waals surface area contributed by atoms with Crippen LogP contribution in [0, 0.1) is 21.4 Å². The first-order valence-electron chi connectivity index (χ1n) is 7.05. The first-order chi connectivity index (χ1) is 12.4. The highest BCUT2D eigenvalue weighted by Crippen LogP contribution is 2.19. The number of amides is 1. The molecule has 0 aromatic heterocycles. The van der Waals surface area contributed by atoms with Gasteiger partial charge in [0.15, 0.2) is 0 Å². The highest BCUT2D eigenvalue weighted by Gasteiger charge is 2.10. The number of benzene rings is 2. The van der Waals surface area contributed by atoms with Crippen LogP contribution in [0.1, 0.15) is 11.1 Å². The van der Waals surface area contributed by atoms with E-state index in [1.807, 2.05) is 0 Å². The number of nitrogens with one attached hydrogen (secondary N) is 1. The Hall–Kier alpha value is -3.21. The smallest absolute Gasteiger partial charge is 0.267 e. The van der Waals surface area contributed by atoms with E-state index in [-0.39, 0.29) is 11.3 Å². The Morgan fingerprint density at radius 3 is 2.69 bits per heavy atom. The van der Waals surface area contributed by atoms with Crippen molar-refractivity contribution < 1.29 is 9.72 Å². The van der Waals surface area contributed by atoms with Crippen molar-refractivity contribution in [2.45, 2.75) is 0 Å². The molecule has 0 atom stereocenters. The standard InChI is InChI=1S/C17H10Cl2N4O3/c18-14-5-4-12(16(19)8-14)10-21-22-17(24)13(9-20)6-11-2-1-3-15(7-11)23(25)26/h1-8,10H,(H,22,24)/b13-6+,21-10-. The summed E-state index contributed by atoms with van der Waals surface area (Å²) in [5, 5.41) is 24.4. The lowest BCUT2D eigenvalue weighted by Crippen LogP contribution is -2.19. The summed E-state index contributed by atoms with van der Waals surface area (Å²) in [7, 11) is 0. The quantitative estimate of drug-likeness (QED) is 0.274. The highest BCUT2D eigenvalue weighted by atomic mass is 35.5. The van der Waals surface area contributed by atoms with E-state index < -0.39 is 10.8 Å².